The third kappa shape index (κ3) is 4.44. The fourth-order valence-electron chi connectivity index (χ4n) is 1.89. The lowest BCUT2D eigenvalue weighted by Gasteiger charge is -2.07. The third-order valence-electron chi connectivity index (χ3n) is 2.96. The molecule has 2 aromatic heterocycles. The number of nitriles is 1. The second kappa shape index (κ2) is 7.61. The lowest BCUT2D eigenvalue weighted by molar-refractivity contribution is -0.117. The fraction of sp³-hybridized carbons (Fsp3) is 0.312. The average Bonchev–Trinajstić information content (AvgIpc) is 2.96. The van der Waals surface area contributed by atoms with E-state index < -0.39 is 17.6 Å². The van der Waals surface area contributed by atoms with E-state index in [0.29, 0.717) is 11.7 Å². The number of hydrogen-bond acceptors (Lipinski definition) is 6. The van der Waals surface area contributed by atoms with Gasteiger partial charge in [0.25, 0.3) is 5.91 Å². The number of nitrogens with zero attached hydrogens (tertiary/aromatic N) is 3. The number of amides is 1. The summed E-state index contributed by atoms with van der Waals surface area (Å²) in [6.45, 7) is 4.11. The Bertz CT molecular complexity index is 734. The minimum atomic E-state index is -1.44. The molecule has 0 saturated carbocycles. The zero-order valence-electron chi connectivity index (χ0n) is 12.8. The molecule has 1 atom stereocenters. The van der Waals surface area contributed by atoms with Gasteiger partial charge in [0, 0.05) is 18.0 Å². The molecule has 2 aromatic rings. The number of thiazole rings is 1. The van der Waals surface area contributed by atoms with Crippen molar-refractivity contribution in [2.45, 2.75) is 20.3 Å². The van der Waals surface area contributed by atoms with Crippen molar-refractivity contribution >= 4 is 28.8 Å². The van der Waals surface area contributed by atoms with E-state index in [2.05, 4.69) is 29.1 Å². The second-order valence-electron chi connectivity index (χ2n) is 5.36. The molecule has 0 fully saturated rings. The van der Waals surface area contributed by atoms with Gasteiger partial charge in [0.2, 0.25) is 5.78 Å². The van der Waals surface area contributed by atoms with Gasteiger partial charge in [-0.15, -0.1) is 11.3 Å². The van der Waals surface area contributed by atoms with Gasteiger partial charge in [-0.25, -0.2) is 9.97 Å². The topological polar surface area (TPSA) is 95.7 Å². The van der Waals surface area contributed by atoms with Crippen molar-refractivity contribution in [3.63, 3.8) is 0 Å². The van der Waals surface area contributed by atoms with E-state index in [1.165, 1.54) is 17.5 Å². The van der Waals surface area contributed by atoms with Crippen molar-refractivity contribution in [2.24, 2.45) is 11.8 Å². The average molecular weight is 328 g/mol. The van der Waals surface area contributed by atoms with Gasteiger partial charge < -0.3 is 5.32 Å². The molecule has 23 heavy (non-hydrogen) atoms. The molecule has 7 heteroatoms. The molecule has 0 radical (unpaired) electrons. The van der Waals surface area contributed by atoms with E-state index >= 15 is 0 Å². The summed E-state index contributed by atoms with van der Waals surface area (Å²) in [4.78, 5) is 32.6. The van der Waals surface area contributed by atoms with Crippen molar-refractivity contribution in [3.8, 4) is 6.07 Å². The first-order chi connectivity index (χ1) is 11.0. The Hall–Kier alpha value is -2.59. The summed E-state index contributed by atoms with van der Waals surface area (Å²) in [5.74, 6) is -2.01. The highest BCUT2D eigenvalue weighted by Crippen LogP contribution is 2.17. The Morgan fingerprint density at radius 2 is 2.17 bits per heavy atom. The first-order valence-corrected chi connectivity index (χ1v) is 7.99. The standard InChI is InChI=1S/C16H16N4O2S/c1-10(2)7-14-19-12(9-23-14)15(21)11(8-17)16(22)20-13-5-3-4-6-18-13/h3-6,9-11H,7H2,1-2H3,(H,18,20,22)/t11-/m1/s1. The van der Waals surface area contributed by atoms with E-state index in [4.69, 9.17) is 0 Å². The van der Waals surface area contributed by atoms with Gasteiger partial charge in [-0.1, -0.05) is 19.9 Å². The van der Waals surface area contributed by atoms with Crippen LogP contribution in [0.3, 0.4) is 0 Å². The molecule has 0 spiro atoms. The van der Waals surface area contributed by atoms with Crippen LogP contribution in [0.25, 0.3) is 0 Å². The maximum Gasteiger partial charge on any atom is 0.250 e. The zero-order valence-corrected chi connectivity index (χ0v) is 13.6. The van der Waals surface area contributed by atoms with Crippen LogP contribution in [0.15, 0.2) is 29.8 Å². The zero-order chi connectivity index (χ0) is 16.8. The molecule has 6 nitrogen and oxygen atoms in total. The smallest absolute Gasteiger partial charge is 0.250 e. The van der Waals surface area contributed by atoms with Crippen LogP contribution >= 0.6 is 11.3 Å². The molecule has 0 aliphatic carbocycles. The molecule has 0 unspecified atom stereocenters. The normalized spacial score (nSPS) is 11.7. The van der Waals surface area contributed by atoms with Crippen LogP contribution in [0.5, 0.6) is 0 Å². The lowest BCUT2D eigenvalue weighted by Crippen LogP contribution is -2.29. The van der Waals surface area contributed by atoms with E-state index in [1.807, 2.05) is 0 Å². The quantitative estimate of drug-likeness (QED) is 0.649. The molecule has 2 rings (SSSR count). The molecule has 118 valence electrons. The Kier molecular flexibility index (Phi) is 5.55. The van der Waals surface area contributed by atoms with E-state index in [9.17, 15) is 14.9 Å². The lowest BCUT2D eigenvalue weighted by atomic mass is 10.0. The van der Waals surface area contributed by atoms with Gasteiger partial charge in [0.1, 0.15) is 11.5 Å². The van der Waals surface area contributed by atoms with Crippen LogP contribution in [0.2, 0.25) is 0 Å². The summed E-state index contributed by atoms with van der Waals surface area (Å²) in [5.41, 5.74) is 0.161. The summed E-state index contributed by atoms with van der Waals surface area (Å²) in [6.07, 6.45) is 2.27. The maximum absolute atomic E-state index is 12.3. The maximum atomic E-state index is 12.3. The molecule has 0 bridgehead atoms. The summed E-state index contributed by atoms with van der Waals surface area (Å²) in [5, 5.41) is 14.1. The predicted octanol–water partition coefficient (Wildman–Crippen LogP) is 2.70. The number of anilines is 1. The Balaban J connectivity index is 2.10. The summed E-state index contributed by atoms with van der Waals surface area (Å²) in [7, 11) is 0. The molecule has 0 aliphatic rings. The van der Waals surface area contributed by atoms with Crippen LogP contribution in [0.4, 0.5) is 5.82 Å². The molecule has 1 amide bonds. The number of aromatic nitrogens is 2. The number of ketones is 1. The number of rotatable bonds is 6. The Morgan fingerprint density at radius 1 is 1.39 bits per heavy atom. The highest BCUT2D eigenvalue weighted by Gasteiger charge is 2.29. The highest BCUT2D eigenvalue weighted by molar-refractivity contribution is 7.09. The van der Waals surface area contributed by atoms with Crippen molar-refractivity contribution in [1.82, 2.24) is 9.97 Å². The summed E-state index contributed by atoms with van der Waals surface area (Å²) < 4.78 is 0. The van der Waals surface area contributed by atoms with Crippen molar-refractivity contribution in [3.05, 3.63) is 40.5 Å². The molecule has 2 heterocycles. The minimum Gasteiger partial charge on any atom is -0.309 e. The first kappa shape index (κ1) is 16.8. The van der Waals surface area contributed by atoms with Crippen LogP contribution < -0.4 is 5.32 Å². The number of pyridine rings is 1. The van der Waals surface area contributed by atoms with E-state index in [1.54, 1.807) is 29.6 Å². The monoisotopic (exact) mass is 328 g/mol. The van der Waals surface area contributed by atoms with Crippen LogP contribution in [-0.4, -0.2) is 21.7 Å². The molecule has 0 saturated heterocycles. The fourth-order valence-corrected chi connectivity index (χ4v) is 2.88. The van der Waals surface area contributed by atoms with Crippen LogP contribution in [0.1, 0.15) is 29.3 Å². The van der Waals surface area contributed by atoms with Crippen LogP contribution in [0, 0.1) is 23.2 Å². The molecule has 0 aromatic carbocycles. The molecule has 1 N–H and O–H groups in total. The van der Waals surface area contributed by atoms with E-state index in [0.717, 1.165) is 11.4 Å². The third-order valence-corrected chi connectivity index (χ3v) is 3.83. The summed E-state index contributed by atoms with van der Waals surface area (Å²) in [6, 6.07) is 6.73. The van der Waals surface area contributed by atoms with Gasteiger partial charge >= 0.3 is 0 Å². The van der Waals surface area contributed by atoms with Gasteiger partial charge in [0.15, 0.2) is 5.92 Å². The highest BCUT2D eigenvalue weighted by atomic mass is 32.1. The number of Topliss-reactive ketones (excluding diaryl/α,β-unsaturated/α-hetero) is 1. The van der Waals surface area contributed by atoms with Crippen molar-refractivity contribution < 1.29 is 9.59 Å². The van der Waals surface area contributed by atoms with Gasteiger partial charge in [-0.05, 0) is 18.1 Å². The molecular formula is C16H16N4O2S. The largest absolute Gasteiger partial charge is 0.309 e. The van der Waals surface area contributed by atoms with Crippen molar-refractivity contribution in [2.75, 3.05) is 5.32 Å². The van der Waals surface area contributed by atoms with Gasteiger partial charge in [0.05, 0.1) is 11.1 Å². The minimum absolute atomic E-state index is 0.161. The van der Waals surface area contributed by atoms with Gasteiger partial charge in [-0.3, -0.25) is 9.59 Å². The molecular weight excluding hydrogens is 312 g/mol. The van der Waals surface area contributed by atoms with Crippen molar-refractivity contribution in [1.29, 1.82) is 5.26 Å². The number of carbonyl (C=O) groups excluding carboxylic acids is 2. The summed E-state index contributed by atoms with van der Waals surface area (Å²) >= 11 is 1.36. The van der Waals surface area contributed by atoms with E-state index in [-0.39, 0.29) is 5.69 Å². The molecule has 0 aliphatic heterocycles. The number of carbonyl (C=O) groups is 2. The SMILES string of the molecule is CC(C)Cc1nc(C(=O)[C@@H](C#N)C(=O)Nc2ccccn2)cs1. The number of hydrogen-bond donors (Lipinski definition) is 1. The van der Waals surface area contributed by atoms with Crippen LogP contribution in [-0.2, 0) is 11.2 Å². The predicted molar refractivity (Wildman–Crippen MR) is 87.0 cm³/mol. The first-order valence-electron chi connectivity index (χ1n) is 7.11. The Morgan fingerprint density at radius 3 is 2.78 bits per heavy atom. The van der Waals surface area contributed by atoms with Gasteiger partial charge in [-0.2, -0.15) is 5.26 Å². The second-order valence-corrected chi connectivity index (χ2v) is 6.30. The number of nitrogens with one attached hydrogen (secondary N) is 1. The Labute approximate surface area is 138 Å².